The minimum absolute atomic E-state index is 0.0601. The molecule has 268 valence electrons. The van der Waals surface area contributed by atoms with E-state index in [0.29, 0.717) is 17.8 Å². The Bertz CT molecular complexity index is 1590. The SMILES string of the molecule is CCCCCCCCCCNn1ccc2nc(CCCCCCCCCC(F)F)ccc21.O=C(O)c1cnc(-c2cccc(F)c2)[nH]c1=S. The number of hydrogen-bond acceptors (Lipinski definition) is 5. The molecule has 3 aromatic heterocycles. The van der Waals surface area contributed by atoms with E-state index in [1.807, 2.05) is 0 Å². The van der Waals surface area contributed by atoms with Gasteiger partial charge in [0.05, 0.1) is 11.0 Å². The monoisotopic (exact) mass is 699 g/mol. The van der Waals surface area contributed by atoms with Crippen LogP contribution in [0.4, 0.5) is 13.2 Å². The third kappa shape index (κ3) is 15.1. The first-order valence-electron chi connectivity index (χ1n) is 17.9. The number of alkyl halides is 2. The molecule has 0 saturated carbocycles. The standard InChI is InChI=1S/C27H45F2N3.C11H7FN2O2S/c1-2-3-4-5-6-10-13-16-22-30-32-23-21-25-26(32)20-19-24(31-25)17-14-11-8-7-9-12-15-18-27(28)29;12-7-3-1-2-6(4-7)9-13-5-8(11(15)16)10(17)14-9/h19-21,23,27,30H,2-18,22H2,1H3;1-5H,(H,15,16)(H,13,14,17). The van der Waals surface area contributed by atoms with Crippen LogP contribution in [0.25, 0.3) is 22.4 Å². The first-order chi connectivity index (χ1) is 23.8. The second-order valence-electron chi connectivity index (χ2n) is 12.5. The second-order valence-corrected chi connectivity index (χ2v) is 12.9. The van der Waals surface area contributed by atoms with Gasteiger partial charge in [-0.15, -0.1) is 0 Å². The van der Waals surface area contributed by atoms with Gasteiger partial charge in [0.15, 0.2) is 0 Å². The van der Waals surface area contributed by atoms with Crippen molar-refractivity contribution in [1.82, 2.24) is 19.6 Å². The van der Waals surface area contributed by atoms with Crippen LogP contribution >= 0.6 is 12.2 Å². The summed E-state index contributed by atoms with van der Waals surface area (Å²) in [5.74, 6) is -1.21. The van der Waals surface area contributed by atoms with E-state index in [-0.39, 0.29) is 16.6 Å². The third-order valence-corrected chi connectivity index (χ3v) is 8.72. The van der Waals surface area contributed by atoms with Gasteiger partial charge < -0.3 is 15.5 Å². The summed E-state index contributed by atoms with van der Waals surface area (Å²) in [7, 11) is 0. The Kier molecular flexibility index (Phi) is 18.5. The Balaban J connectivity index is 0.000000319. The molecule has 0 aliphatic carbocycles. The van der Waals surface area contributed by atoms with Gasteiger partial charge in [-0.05, 0) is 56.0 Å². The van der Waals surface area contributed by atoms with Gasteiger partial charge in [-0.2, -0.15) is 0 Å². The molecule has 0 aliphatic heterocycles. The predicted octanol–water partition coefficient (Wildman–Crippen LogP) is 11.3. The topological polar surface area (TPSA) is 95.8 Å². The molecule has 0 bridgehead atoms. The molecular weight excluding hydrogens is 648 g/mol. The van der Waals surface area contributed by atoms with E-state index in [2.05, 4.69) is 51.4 Å². The van der Waals surface area contributed by atoms with E-state index in [1.165, 1.54) is 82.4 Å². The van der Waals surface area contributed by atoms with Crippen LogP contribution in [0.2, 0.25) is 0 Å². The van der Waals surface area contributed by atoms with E-state index in [4.69, 9.17) is 22.3 Å². The molecule has 0 aliphatic rings. The zero-order valence-corrected chi connectivity index (χ0v) is 29.6. The Hall–Kier alpha value is -3.73. The van der Waals surface area contributed by atoms with Gasteiger partial charge in [-0.1, -0.05) is 108 Å². The molecule has 11 heteroatoms. The molecule has 0 atom stereocenters. The number of aryl methyl sites for hydroxylation is 1. The summed E-state index contributed by atoms with van der Waals surface area (Å²) in [6.07, 6.45) is 20.3. The van der Waals surface area contributed by atoms with Gasteiger partial charge in [0.25, 0.3) is 0 Å². The number of pyridine rings is 1. The number of halogens is 3. The smallest absolute Gasteiger partial charge is 0.340 e. The highest BCUT2D eigenvalue weighted by Crippen LogP contribution is 2.18. The number of rotatable bonds is 22. The number of nitrogens with one attached hydrogen (secondary N) is 2. The van der Waals surface area contributed by atoms with E-state index in [9.17, 15) is 18.0 Å². The Morgan fingerprint density at radius 2 is 1.59 bits per heavy atom. The molecule has 3 N–H and O–H groups in total. The molecule has 0 fully saturated rings. The van der Waals surface area contributed by atoms with E-state index >= 15 is 0 Å². The van der Waals surface area contributed by atoms with Crippen molar-refractivity contribution in [3.63, 3.8) is 0 Å². The first-order valence-corrected chi connectivity index (χ1v) is 18.3. The number of unbranched alkanes of at least 4 members (excludes halogenated alkanes) is 13. The van der Waals surface area contributed by atoms with Crippen molar-refractivity contribution in [2.45, 2.75) is 123 Å². The third-order valence-electron chi connectivity index (χ3n) is 8.40. The highest BCUT2D eigenvalue weighted by molar-refractivity contribution is 7.71. The number of carboxylic acid groups (broad SMARTS) is 1. The van der Waals surface area contributed by atoms with E-state index < -0.39 is 18.2 Å². The Morgan fingerprint density at radius 3 is 2.24 bits per heavy atom. The summed E-state index contributed by atoms with van der Waals surface area (Å²) in [6.45, 7) is 3.27. The lowest BCUT2D eigenvalue weighted by Crippen LogP contribution is -2.14. The largest absolute Gasteiger partial charge is 0.478 e. The normalized spacial score (nSPS) is 11.1. The number of fused-ring (bicyclic) bond motifs is 1. The number of aromatic amines is 1. The summed E-state index contributed by atoms with van der Waals surface area (Å²) in [5.41, 5.74) is 7.32. The number of aromatic nitrogens is 4. The summed E-state index contributed by atoms with van der Waals surface area (Å²) in [6, 6.07) is 12.2. The Labute approximate surface area is 293 Å². The van der Waals surface area contributed by atoms with Crippen molar-refractivity contribution in [2.75, 3.05) is 12.0 Å². The molecule has 0 spiro atoms. The van der Waals surface area contributed by atoms with Crippen molar-refractivity contribution in [3.8, 4) is 11.4 Å². The number of H-pyrrole nitrogens is 1. The predicted molar refractivity (Wildman–Crippen MR) is 195 cm³/mol. The molecule has 4 aromatic rings. The molecule has 1 aromatic carbocycles. The quantitative estimate of drug-likeness (QED) is 0.0558. The fraction of sp³-hybridized carbons (Fsp3) is 0.526. The second kappa shape index (κ2) is 22.8. The molecular formula is C38H52F3N5O2S. The van der Waals surface area contributed by atoms with E-state index in [1.54, 1.807) is 6.07 Å². The molecule has 0 saturated heterocycles. The minimum atomic E-state index is -2.14. The van der Waals surface area contributed by atoms with Crippen LogP contribution in [-0.2, 0) is 6.42 Å². The maximum Gasteiger partial charge on any atom is 0.340 e. The number of aromatic carboxylic acids is 1. The molecule has 7 nitrogen and oxygen atoms in total. The fourth-order valence-corrected chi connectivity index (χ4v) is 5.85. The minimum Gasteiger partial charge on any atom is -0.478 e. The van der Waals surface area contributed by atoms with Crippen molar-refractivity contribution in [1.29, 1.82) is 0 Å². The van der Waals surface area contributed by atoms with Crippen molar-refractivity contribution in [2.24, 2.45) is 0 Å². The van der Waals surface area contributed by atoms with Crippen molar-refractivity contribution < 1.29 is 23.1 Å². The van der Waals surface area contributed by atoms with Crippen LogP contribution in [0.1, 0.15) is 126 Å². The summed E-state index contributed by atoms with van der Waals surface area (Å²) in [5, 5.41) is 8.78. The molecule has 0 amide bonds. The number of carboxylic acids is 1. The lowest BCUT2D eigenvalue weighted by atomic mass is 10.1. The maximum atomic E-state index is 13.0. The number of benzene rings is 1. The average molecular weight is 700 g/mol. The summed E-state index contributed by atoms with van der Waals surface area (Å²) in [4.78, 5) is 22.1. The molecule has 4 rings (SSSR count). The van der Waals surface area contributed by atoms with E-state index in [0.717, 1.165) is 61.6 Å². The molecule has 0 unspecified atom stereocenters. The zero-order chi connectivity index (χ0) is 35.3. The van der Waals surface area contributed by atoms with Gasteiger partial charge in [0, 0.05) is 36.6 Å². The molecule has 49 heavy (non-hydrogen) atoms. The van der Waals surface area contributed by atoms with Gasteiger partial charge in [0.1, 0.15) is 21.8 Å². The first kappa shape index (κ1) is 39.7. The number of nitrogens with zero attached hydrogens (tertiary/aromatic N) is 3. The van der Waals surface area contributed by atoms with Crippen LogP contribution < -0.4 is 5.43 Å². The van der Waals surface area contributed by atoms with Gasteiger partial charge in [-0.25, -0.2) is 22.9 Å². The maximum absolute atomic E-state index is 13.0. The van der Waals surface area contributed by atoms with Crippen LogP contribution in [0, 0.1) is 10.5 Å². The fourth-order valence-electron chi connectivity index (χ4n) is 5.62. The van der Waals surface area contributed by atoms with Gasteiger partial charge >= 0.3 is 5.97 Å². The lowest BCUT2D eigenvalue weighted by Gasteiger charge is -2.09. The van der Waals surface area contributed by atoms with Crippen LogP contribution in [0.5, 0.6) is 0 Å². The highest BCUT2D eigenvalue weighted by atomic mass is 32.1. The highest BCUT2D eigenvalue weighted by Gasteiger charge is 2.09. The van der Waals surface area contributed by atoms with Crippen LogP contribution in [-0.4, -0.2) is 43.7 Å². The average Bonchev–Trinajstić information content (AvgIpc) is 3.48. The van der Waals surface area contributed by atoms with Crippen LogP contribution in [0.15, 0.2) is 54.9 Å². The summed E-state index contributed by atoms with van der Waals surface area (Å²) < 4.78 is 39.4. The molecule has 3 heterocycles. The Morgan fingerprint density at radius 1 is 0.918 bits per heavy atom. The number of carbonyl (C=O) groups is 1. The number of hydrogen-bond donors (Lipinski definition) is 3. The van der Waals surface area contributed by atoms with Crippen molar-refractivity contribution >= 4 is 29.2 Å². The van der Waals surface area contributed by atoms with Gasteiger partial charge in [-0.3, -0.25) is 9.66 Å². The molecule has 0 radical (unpaired) electrons. The van der Waals surface area contributed by atoms with Crippen molar-refractivity contribution in [3.05, 3.63) is 76.6 Å². The zero-order valence-electron chi connectivity index (χ0n) is 28.7. The van der Waals surface area contributed by atoms with Crippen LogP contribution in [0.3, 0.4) is 0 Å². The van der Waals surface area contributed by atoms with Gasteiger partial charge in [0.2, 0.25) is 6.43 Å². The summed E-state index contributed by atoms with van der Waals surface area (Å²) >= 11 is 4.88. The lowest BCUT2D eigenvalue weighted by molar-refractivity contribution is 0.0695.